The molecule has 0 bridgehead atoms. The molecule has 1 aromatic heterocycles. The standard InChI is InChI=1S/C12H14F2N2O5S/c1-21-8-4-9(6-15-5-8)22(19,20)16-3-2-12(13,14)10(7-16)11(17)18/h4-6,10H,2-3,7H2,1H3,(H,17,18). The number of nitrogens with zero attached hydrogens (tertiary/aromatic N) is 2. The molecule has 0 saturated carbocycles. The van der Waals surface area contributed by atoms with Crippen molar-refractivity contribution in [2.45, 2.75) is 17.2 Å². The highest BCUT2D eigenvalue weighted by Crippen LogP contribution is 2.35. The van der Waals surface area contributed by atoms with Gasteiger partial charge in [-0.05, 0) is 0 Å². The van der Waals surface area contributed by atoms with Crippen LogP contribution >= 0.6 is 0 Å². The maximum absolute atomic E-state index is 13.6. The number of carboxylic acid groups (broad SMARTS) is 1. The molecular weight excluding hydrogens is 322 g/mol. The van der Waals surface area contributed by atoms with E-state index in [1.165, 1.54) is 19.4 Å². The summed E-state index contributed by atoms with van der Waals surface area (Å²) in [6.07, 6.45) is 1.50. The number of carbonyl (C=O) groups is 1. The van der Waals surface area contributed by atoms with Gasteiger partial charge in [0.2, 0.25) is 10.0 Å². The van der Waals surface area contributed by atoms with Crippen molar-refractivity contribution >= 4 is 16.0 Å². The number of rotatable bonds is 4. The molecule has 0 radical (unpaired) electrons. The summed E-state index contributed by atoms with van der Waals surface area (Å²) in [6.45, 7) is -1.25. The van der Waals surface area contributed by atoms with Crippen LogP contribution in [0.4, 0.5) is 8.78 Å². The van der Waals surface area contributed by atoms with Crippen LogP contribution in [0.3, 0.4) is 0 Å². The Morgan fingerprint density at radius 3 is 2.77 bits per heavy atom. The number of hydrogen-bond donors (Lipinski definition) is 1. The molecular formula is C12H14F2N2O5S. The number of methoxy groups -OCH3 is 1. The zero-order chi connectivity index (χ0) is 16.5. The zero-order valence-electron chi connectivity index (χ0n) is 11.6. The van der Waals surface area contributed by atoms with Gasteiger partial charge in [-0.15, -0.1) is 0 Å². The molecule has 0 amide bonds. The Kier molecular flexibility index (Phi) is 4.34. The second-order valence-electron chi connectivity index (χ2n) is 4.83. The van der Waals surface area contributed by atoms with Crippen LogP contribution < -0.4 is 4.74 Å². The first kappa shape index (κ1) is 16.6. The molecule has 1 atom stereocenters. The largest absolute Gasteiger partial charge is 0.495 e. The molecule has 0 aliphatic carbocycles. The van der Waals surface area contributed by atoms with Crippen molar-refractivity contribution in [3.8, 4) is 5.75 Å². The summed E-state index contributed by atoms with van der Waals surface area (Å²) in [6, 6.07) is 1.20. The lowest BCUT2D eigenvalue weighted by Gasteiger charge is -2.35. The molecule has 1 unspecified atom stereocenters. The summed E-state index contributed by atoms with van der Waals surface area (Å²) in [5.74, 6) is -7.05. The van der Waals surface area contributed by atoms with Crippen molar-refractivity contribution in [3.63, 3.8) is 0 Å². The average Bonchev–Trinajstić information content (AvgIpc) is 2.46. The van der Waals surface area contributed by atoms with E-state index < -0.39 is 47.3 Å². The second-order valence-corrected chi connectivity index (χ2v) is 6.76. The van der Waals surface area contributed by atoms with E-state index in [0.717, 1.165) is 10.5 Å². The highest BCUT2D eigenvalue weighted by atomic mass is 32.2. The maximum Gasteiger partial charge on any atom is 0.313 e. The van der Waals surface area contributed by atoms with Crippen LogP contribution in [0.1, 0.15) is 6.42 Å². The van der Waals surface area contributed by atoms with Gasteiger partial charge in [0, 0.05) is 31.8 Å². The first-order chi connectivity index (χ1) is 10.2. The van der Waals surface area contributed by atoms with Crippen molar-refractivity contribution in [2.24, 2.45) is 5.92 Å². The van der Waals surface area contributed by atoms with Crippen molar-refractivity contribution < 1.29 is 31.8 Å². The van der Waals surface area contributed by atoms with E-state index in [1.54, 1.807) is 0 Å². The van der Waals surface area contributed by atoms with Crippen LogP contribution in [0.5, 0.6) is 5.75 Å². The highest BCUT2D eigenvalue weighted by Gasteiger charge is 2.50. The van der Waals surface area contributed by atoms with Gasteiger partial charge in [-0.1, -0.05) is 0 Å². The van der Waals surface area contributed by atoms with Gasteiger partial charge in [0.15, 0.2) is 0 Å². The number of hydrogen-bond acceptors (Lipinski definition) is 5. The van der Waals surface area contributed by atoms with Crippen LogP contribution in [-0.4, -0.2) is 54.9 Å². The number of piperidine rings is 1. The quantitative estimate of drug-likeness (QED) is 0.874. The van der Waals surface area contributed by atoms with Gasteiger partial charge in [0.1, 0.15) is 16.6 Å². The third-order valence-corrected chi connectivity index (χ3v) is 5.28. The number of aliphatic carboxylic acids is 1. The first-order valence-electron chi connectivity index (χ1n) is 6.28. The molecule has 7 nitrogen and oxygen atoms in total. The summed E-state index contributed by atoms with van der Waals surface area (Å²) in [4.78, 5) is 14.4. The minimum absolute atomic E-state index is 0.193. The first-order valence-corrected chi connectivity index (χ1v) is 7.72. The van der Waals surface area contributed by atoms with Crippen molar-refractivity contribution in [2.75, 3.05) is 20.2 Å². The molecule has 22 heavy (non-hydrogen) atoms. The molecule has 2 rings (SSSR count). The second kappa shape index (κ2) is 5.76. The Balaban J connectivity index is 2.32. The Hall–Kier alpha value is -1.81. The van der Waals surface area contributed by atoms with E-state index >= 15 is 0 Å². The molecule has 10 heteroatoms. The number of aromatic nitrogens is 1. The molecule has 1 aliphatic heterocycles. The van der Waals surface area contributed by atoms with E-state index in [2.05, 4.69) is 4.98 Å². The van der Waals surface area contributed by atoms with Gasteiger partial charge >= 0.3 is 5.97 Å². The highest BCUT2D eigenvalue weighted by molar-refractivity contribution is 7.89. The number of pyridine rings is 1. The lowest BCUT2D eigenvalue weighted by Crippen LogP contribution is -2.52. The molecule has 1 aromatic rings. The Labute approximate surface area is 125 Å². The number of alkyl halides is 2. The van der Waals surface area contributed by atoms with E-state index in [9.17, 15) is 22.0 Å². The number of sulfonamides is 1. The van der Waals surface area contributed by atoms with E-state index in [1.807, 2.05) is 0 Å². The van der Waals surface area contributed by atoms with Crippen molar-refractivity contribution in [1.82, 2.24) is 9.29 Å². The molecule has 2 heterocycles. The van der Waals surface area contributed by atoms with Gasteiger partial charge in [0.05, 0.1) is 13.3 Å². The summed E-state index contributed by atoms with van der Waals surface area (Å²) in [5.41, 5.74) is 0. The van der Waals surface area contributed by atoms with Crippen molar-refractivity contribution in [1.29, 1.82) is 0 Å². The van der Waals surface area contributed by atoms with Gasteiger partial charge in [0.25, 0.3) is 5.92 Å². The van der Waals surface area contributed by atoms with Gasteiger partial charge in [-0.2, -0.15) is 4.31 Å². The fourth-order valence-corrected chi connectivity index (χ4v) is 3.59. The van der Waals surface area contributed by atoms with Crippen LogP contribution in [0, 0.1) is 5.92 Å². The molecule has 122 valence electrons. The topological polar surface area (TPSA) is 96.8 Å². The summed E-state index contributed by atoms with van der Waals surface area (Å²) >= 11 is 0. The molecule has 1 saturated heterocycles. The lowest BCUT2D eigenvalue weighted by molar-refractivity contribution is -0.163. The normalized spacial score (nSPS) is 22.2. The monoisotopic (exact) mass is 336 g/mol. The van der Waals surface area contributed by atoms with Gasteiger partial charge in [-0.3, -0.25) is 9.78 Å². The molecule has 1 fully saturated rings. The summed E-state index contributed by atoms with van der Waals surface area (Å²) in [5, 5.41) is 8.88. The van der Waals surface area contributed by atoms with Gasteiger partial charge in [-0.25, -0.2) is 17.2 Å². The zero-order valence-corrected chi connectivity index (χ0v) is 12.4. The summed E-state index contributed by atoms with van der Waals surface area (Å²) < 4.78 is 57.6. The van der Waals surface area contributed by atoms with Gasteiger partial charge < -0.3 is 9.84 Å². The predicted molar refractivity (Wildman–Crippen MR) is 70.2 cm³/mol. The third kappa shape index (κ3) is 3.02. The number of ether oxygens (including phenoxy) is 1. The third-order valence-electron chi connectivity index (χ3n) is 3.45. The van der Waals surface area contributed by atoms with Crippen molar-refractivity contribution in [3.05, 3.63) is 18.5 Å². The molecule has 1 N–H and O–H groups in total. The van der Waals surface area contributed by atoms with E-state index in [0.29, 0.717) is 0 Å². The number of carboxylic acids is 1. The van der Waals surface area contributed by atoms with E-state index in [4.69, 9.17) is 9.84 Å². The molecule has 0 aromatic carbocycles. The van der Waals surface area contributed by atoms with E-state index in [-0.39, 0.29) is 10.6 Å². The van der Waals surface area contributed by atoms with Crippen LogP contribution in [0.15, 0.2) is 23.4 Å². The molecule has 0 spiro atoms. The summed E-state index contributed by atoms with van der Waals surface area (Å²) in [7, 11) is -2.79. The van der Waals surface area contributed by atoms with Crippen LogP contribution in [-0.2, 0) is 14.8 Å². The Morgan fingerprint density at radius 2 is 2.18 bits per heavy atom. The fourth-order valence-electron chi connectivity index (χ4n) is 2.15. The molecule has 1 aliphatic rings. The minimum atomic E-state index is -4.12. The fraction of sp³-hybridized carbons (Fsp3) is 0.500. The smallest absolute Gasteiger partial charge is 0.313 e. The average molecular weight is 336 g/mol. The number of halogens is 2. The van der Waals surface area contributed by atoms with Crippen LogP contribution in [0.2, 0.25) is 0 Å². The van der Waals surface area contributed by atoms with Crippen LogP contribution in [0.25, 0.3) is 0 Å². The maximum atomic E-state index is 13.6. The Morgan fingerprint density at radius 1 is 1.50 bits per heavy atom. The Bertz CT molecular complexity index is 680. The predicted octanol–water partition coefficient (Wildman–Crippen LogP) is 0.821. The minimum Gasteiger partial charge on any atom is -0.495 e. The lowest BCUT2D eigenvalue weighted by atomic mass is 9.95. The SMILES string of the molecule is COc1cncc(S(=O)(=O)N2CCC(F)(F)C(C(=O)O)C2)c1.